The molecule has 0 aliphatic heterocycles. The van der Waals surface area contributed by atoms with Crippen LogP contribution in [0.2, 0.25) is 0 Å². The molecule has 8 heteroatoms. The Morgan fingerprint density at radius 3 is 2.21 bits per heavy atom. The smallest absolute Gasteiger partial charge is 0.419 e. The van der Waals surface area contributed by atoms with Gasteiger partial charge in [-0.3, -0.25) is 4.79 Å². The zero-order valence-corrected chi connectivity index (χ0v) is 12.0. The number of carbonyl (C=O) groups is 1. The molecule has 0 N–H and O–H groups in total. The van der Waals surface area contributed by atoms with Crippen LogP contribution in [0.4, 0.5) is 22.0 Å². The van der Waals surface area contributed by atoms with Crippen molar-refractivity contribution in [2.24, 2.45) is 0 Å². The maximum absolute atomic E-state index is 12.8. The van der Waals surface area contributed by atoms with Crippen LogP contribution in [0.5, 0.6) is 11.5 Å². The van der Waals surface area contributed by atoms with Gasteiger partial charge in [-0.2, -0.15) is 22.0 Å². The number of hydrogen-bond acceptors (Lipinski definition) is 3. The molecule has 2 aromatic rings. The van der Waals surface area contributed by atoms with Crippen LogP contribution in [0.1, 0.15) is 15.9 Å². The summed E-state index contributed by atoms with van der Waals surface area (Å²) >= 11 is 0. The Kier molecular flexibility index (Phi) is 5.38. The van der Waals surface area contributed by atoms with Crippen molar-refractivity contribution in [3.8, 4) is 11.5 Å². The highest BCUT2D eigenvalue weighted by Gasteiger charge is 2.34. The number of rotatable bonds is 6. The van der Waals surface area contributed by atoms with Gasteiger partial charge in [-0.05, 0) is 36.4 Å². The molecule has 0 unspecified atom stereocenters. The Morgan fingerprint density at radius 1 is 1.00 bits per heavy atom. The second-order valence-electron chi connectivity index (χ2n) is 4.61. The van der Waals surface area contributed by atoms with Crippen molar-refractivity contribution in [3.63, 3.8) is 0 Å². The molecule has 0 amide bonds. The third kappa shape index (κ3) is 4.68. The van der Waals surface area contributed by atoms with Gasteiger partial charge >= 0.3 is 12.8 Å². The first-order valence-corrected chi connectivity index (χ1v) is 6.64. The maximum atomic E-state index is 12.8. The Balaban J connectivity index is 2.04. The molecule has 0 radical (unpaired) electrons. The molecular formula is C16H11F5O3. The minimum Gasteiger partial charge on any atom is -0.485 e. The summed E-state index contributed by atoms with van der Waals surface area (Å²) in [6.07, 6.45) is -4.60. The van der Waals surface area contributed by atoms with E-state index in [2.05, 4.69) is 4.74 Å². The molecule has 0 atom stereocenters. The Morgan fingerprint density at radius 2 is 1.62 bits per heavy atom. The monoisotopic (exact) mass is 346 g/mol. The fraction of sp³-hybridized carbons (Fsp3) is 0.188. The Bertz CT molecular complexity index is 696. The average Bonchev–Trinajstić information content (AvgIpc) is 2.52. The summed E-state index contributed by atoms with van der Waals surface area (Å²) in [6.45, 7) is -3.61. The number of hydrogen-bond donors (Lipinski definition) is 0. The van der Waals surface area contributed by atoms with Gasteiger partial charge in [0.2, 0.25) is 0 Å². The third-order valence-corrected chi connectivity index (χ3v) is 2.95. The van der Waals surface area contributed by atoms with Crippen molar-refractivity contribution in [2.45, 2.75) is 12.8 Å². The lowest BCUT2D eigenvalue weighted by Crippen LogP contribution is -2.15. The van der Waals surface area contributed by atoms with Gasteiger partial charge in [-0.15, -0.1) is 0 Å². The van der Waals surface area contributed by atoms with Gasteiger partial charge in [0, 0.05) is 5.56 Å². The molecule has 2 rings (SSSR count). The predicted molar refractivity (Wildman–Crippen MR) is 74.3 cm³/mol. The van der Waals surface area contributed by atoms with Crippen molar-refractivity contribution in [1.29, 1.82) is 0 Å². The molecule has 2 aromatic carbocycles. The van der Waals surface area contributed by atoms with Crippen LogP contribution in [0.25, 0.3) is 0 Å². The van der Waals surface area contributed by atoms with Crippen molar-refractivity contribution in [3.05, 3.63) is 59.7 Å². The topological polar surface area (TPSA) is 35.5 Å². The number of ether oxygens (including phenoxy) is 2. The van der Waals surface area contributed by atoms with Gasteiger partial charge in [-0.25, -0.2) is 0 Å². The molecule has 0 saturated heterocycles. The molecule has 128 valence electrons. The van der Waals surface area contributed by atoms with E-state index >= 15 is 0 Å². The van der Waals surface area contributed by atoms with Crippen LogP contribution in [0.15, 0.2) is 48.5 Å². The van der Waals surface area contributed by atoms with Crippen molar-refractivity contribution in [1.82, 2.24) is 0 Å². The largest absolute Gasteiger partial charge is 0.485 e. The van der Waals surface area contributed by atoms with Crippen LogP contribution in [0, 0.1) is 0 Å². The number of ketones is 1. The fourth-order valence-corrected chi connectivity index (χ4v) is 1.88. The van der Waals surface area contributed by atoms with Gasteiger partial charge in [0.25, 0.3) is 0 Å². The first-order valence-electron chi connectivity index (χ1n) is 6.64. The van der Waals surface area contributed by atoms with E-state index < -0.39 is 36.5 Å². The first-order chi connectivity index (χ1) is 11.3. The molecule has 0 fully saturated rings. The predicted octanol–water partition coefficient (Wildman–Crippen LogP) is 4.57. The van der Waals surface area contributed by atoms with Crippen LogP contribution < -0.4 is 9.47 Å². The van der Waals surface area contributed by atoms with E-state index in [9.17, 15) is 26.7 Å². The highest BCUT2D eigenvalue weighted by Crippen LogP contribution is 2.35. The van der Waals surface area contributed by atoms with E-state index in [4.69, 9.17) is 4.74 Å². The summed E-state index contributed by atoms with van der Waals surface area (Å²) in [5, 5.41) is 0. The lowest BCUT2D eigenvalue weighted by Gasteiger charge is -2.13. The second kappa shape index (κ2) is 7.29. The molecule has 0 spiro atoms. The summed E-state index contributed by atoms with van der Waals surface area (Å²) < 4.78 is 71.5. The van der Waals surface area contributed by atoms with E-state index in [0.717, 1.165) is 24.3 Å². The Labute approximate surface area is 133 Å². The number of benzene rings is 2. The molecular weight excluding hydrogens is 335 g/mol. The molecule has 0 aromatic heterocycles. The zero-order chi connectivity index (χ0) is 17.7. The van der Waals surface area contributed by atoms with Gasteiger partial charge < -0.3 is 9.47 Å². The van der Waals surface area contributed by atoms with E-state index in [1.54, 1.807) is 0 Å². The van der Waals surface area contributed by atoms with Gasteiger partial charge in [0.05, 0.1) is 5.56 Å². The third-order valence-electron chi connectivity index (χ3n) is 2.95. The molecule has 0 aliphatic carbocycles. The van der Waals surface area contributed by atoms with Gasteiger partial charge in [-0.1, -0.05) is 12.1 Å². The standard InChI is InChI=1S/C16H11F5O3/c17-15(18)24-11-7-5-10(6-8-11)13(22)9-23-14-4-2-1-3-12(14)16(19,20)21/h1-8,15H,9H2. The van der Waals surface area contributed by atoms with E-state index in [1.807, 2.05) is 0 Å². The van der Waals surface area contributed by atoms with E-state index in [0.29, 0.717) is 0 Å². The minimum atomic E-state index is -4.60. The van der Waals surface area contributed by atoms with E-state index in [1.165, 1.54) is 24.3 Å². The average molecular weight is 346 g/mol. The Hall–Kier alpha value is -2.64. The summed E-state index contributed by atoms with van der Waals surface area (Å²) in [5.74, 6) is -1.20. The van der Waals surface area contributed by atoms with Crippen molar-refractivity contribution >= 4 is 5.78 Å². The summed E-state index contributed by atoms with van der Waals surface area (Å²) in [7, 11) is 0. The summed E-state index contributed by atoms with van der Waals surface area (Å²) in [5.41, 5.74) is -0.889. The number of halogens is 5. The van der Waals surface area contributed by atoms with E-state index in [-0.39, 0.29) is 11.3 Å². The number of para-hydroxylation sites is 1. The van der Waals surface area contributed by atoms with Crippen LogP contribution >= 0.6 is 0 Å². The molecule has 0 aliphatic rings. The second-order valence-corrected chi connectivity index (χ2v) is 4.61. The summed E-state index contributed by atoms with van der Waals surface area (Å²) in [6, 6.07) is 9.26. The van der Waals surface area contributed by atoms with Crippen LogP contribution in [-0.4, -0.2) is 19.0 Å². The highest BCUT2D eigenvalue weighted by molar-refractivity contribution is 5.97. The SMILES string of the molecule is O=C(COc1ccccc1C(F)(F)F)c1ccc(OC(F)F)cc1. The molecule has 3 nitrogen and oxygen atoms in total. The van der Waals surface area contributed by atoms with Crippen molar-refractivity contribution in [2.75, 3.05) is 6.61 Å². The summed E-state index contributed by atoms with van der Waals surface area (Å²) in [4.78, 5) is 11.9. The number of carbonyl (C=O) groups excluding carboxylic acids is 1. The zero-order valence-electron chi connectivity index (χ0n) is 12.0. The molecule has 0 saturated carbocycles. The normalized spacial score (nSPS) is 11.4. The molecule has 24 heavy (non-hydrogen) atoms. The first kappa shape index (κ1) is 17.7. The van der Waals surface area contributed by atoms with Crippen molar-refractivity contribution < 1.29 is 36.2 Å². The van der Waals surface area contributed by atoms with Gasteiger partial charge in [0.1, 0.15) is 11.5 Å². The lowest BCUT2D eigenvalue weighted by molar-refractivity contribution is -0.138. The lowest BCUT2D eigenvalue weighted by atomic mass is 10.1. The maximum Gasteiger partial charge on any atom is 0.419 e. The number of Topliss-reactive ketones (excluding diaryl/α,β-unsaturated/α-hetero) is 1. The van der Waals surface area contributed by atoms with Gasteiger partial charge in [0.15, 0.2) is 12.4 Å². The molecule has 0 heterocycles. The highest BCUT2D eigenvalue weighted by atomic mass is 19.4. The molecule has 0 bridgehead atoms. The van der Waals surface area contributed by atoms with Crippen LogP contribution in [-0.2, 0) is 6.18 Å². The fourth-order valence-electron chi connectivity index (χ4n) is 1.88. The quantitative estimate of drug-likeness (QED) is 0.568. The van der Waals surface area contributed by atoms with Crippen LogP contribution in [0.3, 0.4) is 0 Å². The minimum absolute atomic E-state index is 0.0982. The number of alkyl halides is 5.